The van der Waals surface area contributed by atoms with Gasteiger partial charge in [-0.3, -0.25) is 4.68 Å². The van der Waals surface area contributed by atoms with E-state index in [0.717, 1.165) is 24.0 Å². The monoisotopic (exact) mass is 275 g/mol. The van der Waals surface area contributed by atoms with Gasteiger partial charge in [-0.1, -0.05) is 6.92 Å². The van der Waals surface area contributed by atoms with Gasteiger partial charge in [-0.2, -0.15) is 5.10 Å². The molecule has 0 radical (unpaired) electrons. The third-order valence-corrected chi connectivity index (χ3v) is 2.52. The molecule has 1 aromatic rings. The maximum absolute atomic E-state index is 5.18. The fourth-order valence-corrected chi connectivity index (χ4v) is 1.68. The minimum atomic E-state index is 0.257. The highest BCUT2D eigenvalue weighted by Crippen LogP contribution is 2.11. The third-order valence-electron chi connectivity index (χ3n) is 2.11. The van der Waals surface area contributed by atoms with Gasteiger partial charge in [-0.25, -0.2) is 0 Å². The van der Waals surface area contributed by atoms with E-state index < -0.39 is 0 Å². The molecule has 0 spiro atoms. The summed E-state index contributed by atoms with van der Waals surface area (Å²) in [4.78, 5) is 0. The lowest BCUT2D eigenvalue weighted by Gasteiger charge is -2.17. The zero-order chi connectivity index (χ0) is 11.1. The highest BCUT2D eigenvalue weighted by Gasteiger charge is 2.10. The van der Waals surface area contributed by atoms with Crippen molar-refractivity contribution in [1.29, 1.82) is 0 Å². The van der Waals surface area contributed by atoms with Crippen LogP contribution in [0.25, 0.3) is 0 Å². The Labute approximate surface area is 99.1 Å². The molecule has 1 aromatic heterocycles. The summed E-state index contributed by atoms with van der Waals surface area (Å²) < 4.78 is 8.11. The molecule has 0 aromatic carbocycles. The van der Waals surface area contributed by atoms with Gasteiger partial charge in [-0.05, 0) is 28.9 Å². The molecule has 0 fully saturated rings. The first kappa shape index (κ1) is 12.7. The molecule has 0 aliphatic rings. The Hall–Kier alpha value is -0.390. The third kappa shape index (κ3) is 4.32. The number of rotatable bonds is 7. The van der Waals surface area contributed by atoms with Crippen molar-refractivity contribution in [1.82, 2.24) is 15.1 Å². The van der Waals surface area contributed by atoms with Gasteiger partial charge in [0, 0.05) is 19.9 Å². The van der Waals surface area contributed by atoms with Gasteiger partial charge in [0.2, 0.25) is 0 Å². The van der Waals surface area contributed by atoms with Gasteiger partial charge in [-0.15, -0.1) is 0 Å². The summed E-state index contributed by atoms with van der Waals surface area (Å²) in [6, 6.07) is 0.257. The van der Waals surface area contributed by atoms with E-state index in [9.17, 15) is 0 Å². The Kier molecular flexibility index (Phi) is 5.90. The number of nitrogens with one attached hydrogen (secondary N) is 1. The van der Waals surface area contributed by atoms with Crippen molar-refractivity contribution in [2.75, 3.05) is 26.8 Å². The van der Waals surface area contributed by atoms with Gasteiger partial charge in [0.05, 0.1) is 23.3 Å². The summed E-state index contributed by atoms with van der Waals surface area (Å²) in [5.74, 6) is 0. The molecule has 0 aliphatic heterocycles. The van der Waals surface area contributed by atoms with Crippen molar-refractivity contribution >= 4 is 15.9 Å². The molecular formula is C10H18BrN3O. The van der Waals surface area contributed by atoms with Crippen molar-refractivity contribution in [2.24, 2.45) is 0 Å². The summed E-state index contributed by atoms with van der Waals surface area (Å²) in [6.45, 7) is 4.74. The number of aromatic nitrogens is 2. The molecule has 1 unspecified atom stereocenters. The van der Waals surface area contributed by atoms with Crippen LogP contribution in [-0.2, 0) is 4.74 Å². The van der Waals surface area contributed by atoms with Gasteiger partial charge >= 0.3 is 0 Å². The van der Waals surface area contributed by atoms with E-state index in [4.69, 9.17) is 4.74 Å². The molecule has 4 nitrogen and oxygen atoms in total. The van der Waals surface area contributed by atoms with Crippen LogP contribution in [-0.4, -0.2) is 36.6 Å². The molecule has 1 atom stereocenters. The molecule has 5 heteroatoms. The van der Waals surface area contributed by atoms with Crippen LogP contribution in [0.15, 0.2) is 16.9 Å². The van der Waals surface area contributed by atoms with Crippen LogP contribution in [0.5, 0.6) is 0 Å². The SMILES string of the molecule is CCCNCC(COC)n1cc(Br)cn1. The van der Waals surface area contributed by atoms with E-state index in [0.29, 0.717) is 6.61 Å². The van der Waals surface area contributed by atoms with Crippen LogP contribution in [0, 0.1) is 0 Å². The molecule has 1 N–H and O–H groups in total. The second kappa shape index (κ2) is 6.98. The minimum absolute atomic E-state index is 0.257. The molecule has 1 rings (SSSR count). The first-order valence-corrected chi connectivity index (χ1v) is 5.96. The van der Waals surface area contributed by atoms with Crippen molar-refractivity contribution in [3.05, 3.63) is 16.9 Å². The molecule has 0 bridgehead atoms. The normalized spacial score (nSPS) is 13.0. The molecular weight excluding hydrogens is 258 g/mol. The lowest BCUT2D eigenvalue weighted by molar-refractivity contribution is 0.148. The van der Waals surface area contributed by atoms with Crippen molar-refractivity contribution < 1.29 is 4.74 Å². The molecule has 0 saturated heterocycles. The maximum Gasteiger partial charge on any atom is 0.0876 e. The molecule has 0 aliphatic carbocycles. The van der Waals surface area contributed by atoms with E-state index in [1.54, 1.807) is 13.3 Å². The van der Waals surface area contributed by atoms with Crippen LogP contribution in [0.3, 0.4) is 0 Å². The predicted octanol–water partition coefficient (Wildman–Crippen LogP) is 1.83. The number of nitrogens with zero attached hydrogens (tertiary/aromatic N) is 2. The first-order valence-electron chi connectivity index (χ1n) is 5.17. The maximum atomic E-state index is 5.18. The standard InChI is InChI=1S/C10H18BrN3O/c1-3-4-12-6-10(8-15-2)14-7-9(11)5-13-14/h5,7,10,12H,3-4,6,8H2,1-2H3. The van der Waals surface area contributed by atoms with Gasteiger partial charge < -0.3 is 10.1 Å². The van der Waals surface area contributed by atoms with E-state index in [2.05, 4.69) is 33.3 Å². The van der Waals surface area contributed by atoms with Crippen LogP contribution in [0.2, 0.25) is 0 Å². The Morgan fingerprint density at radius 3 is 3.00 bits per heavy atom. The van der Waals surface area contributed by atoms with Crippen molar-refractivity contribution in [3.63, 3.8) is 0 Å². The zero-order valence-electron chi connectivity index (χ0n) is 9.24. The fraction of sp³-hybridized carbons (Fsp3) is 0.700. The molecule has 0 saturated carbocycles. The summed E-state index contributed by atoms with van der Waals surface area (Å²) in [5, 5.41) is 7.63. The summed E-state index contributed by atoms with van der Waals surface area (Å²) >= 11 is 3.39. The number of hydrogen-bond donors (Lipinski definition) is 1. The van der Waals surface area contributed by atoms with Crippen molar-refractivity contribution in [3.8, 4) is 0 Å². The summed E-state index contributed by atoms with van der Waals surface area (Å²) in [7, 11) is 1.71. The topological polar surface area (TPSA) is 39.1 Å². The number of methoxy groups -OCH3 is 1. The van der Waals surface area contributed by atoms with Crippen LogP contribution < -0.4 is 5.32 Å². The Morgan fingerprint density at radius 2 is 2.47 bits per heavy atom. The van der Waals surface area contributed by atoms with Gasteiger partial charge in [0.15, 0.2) is 0 Å². The van der Waals surface area contributed by atoms with E-state index in [1.807, 2.05) is 10.9 Å². The second-order valence-electron chi connectivity index (χ2n) is 3.45. The summed E-state index contributed by atoms with van der Waals surface area (Å²) in [5.41, 5.74) is 0. The van der Waals surface area contributed by atoms with E-state index in [1.165, 1.54) is 0 Å². The number of halogens is 1. The fourth-order valence-electron chi connectivity index (χ4n) is 1.38. The average Bonchev–Trinajstić information content (AvgIpc) is 2.64. The minimum Gasteiger partial charge on any atom is -0.382 e. The second-order valence-corrected chi connectivity index (χ2v) is 4.37. The highest BCUT2D eigenvalue weighted by molar-refractivity contribution is 9.10. The number of ether oxygens (including phenoxy) is 1. The van der Waals surface area contributed by atoms with E-state index >= 15 is 0 Å². The van der Waals surface area contributed by atoms with E-state index in [-0.39, 0.29) is 6.04 Å². The lowest BCUT2D eigenvalue weighted by Crippen LogP contribution is -2.29. The lowest BCUT2D eigenvalue weighted by atomic mass is 10.3. The average molecular weight is 276 g/mol. The summed E-state index contributed by atoms with van der Waals surface area (Å²) in [6.07, 6.45) is 4.91. The Bertz CT molecular complexity index is 277. The Morgan fingerprint density at radius 1 is 1.67 bits per heavy atom. The smallest absolute Gasteiger partial charge is 0.0876 e. The quantitative estimate of drug-likeness (QED) is 0.772. The largest absolute Gasteiger partial charge is 0.382 e. The Balaban J connectivity index is 2.49. The zero-order valence-corrected chi connectivity index (χ0v) is 10.8. The van der Waals surface area contributed by atoms with Gasteiger partial charge in [0.1, 0.15) is 0 Å². The molecule has 15 heavy (non-hydrogen) atoms. The predicted molar refractivity (Wildman–Crippen MR) is 64.0 cm³/mol. The molecule has 0 amide bonds. The van der Waals surface area contributed by atoms with Gasteiger partial charge in [0.25, 0.3) is 0 Å². The molecule has 86 valence electrons. The highest BCUT2D eigenvalue weighted by atomic mass is 79.9. The first-order chi connectivity index (χ1) is 7.27. The van der Waals surface area contributed by atoms with Crippen LogP contribution in [0.1, 0.15) is 19.4 Å². The van der Waals surface area contributed by atoms with Crippen molar-refractivity contribution in [2.45, 2.75) is 19.4 Å². The number of hydrogen-bond acceptors (Lipinski definition) is 3. The van der Waals surface area contributed by atoms with Crippen LogP contribution in [0.4, 0.5) is 0 Å². The van der Waals surface area contributed by atoms with Crippen LogP contribution >= 0.6 is 15.9 Å². The molecule has 1 heterocycles.